The molecule has 0 amide bonds. The second-order valence-corrected chi connectivity index (χ2v) is 8.02. The molecule has 0 spiro atoms. The molecule has 1 aliphatic heterocycles. The Morgan fingerprint density at radius 1 is 0.893 bits per heavy atom. The quantitative estimate of drug-likeness (QED) is 0.592. The molecule has 1 unspecified atom stereocenters. The van der Waals surface area contributed by atoms with Gasteiger partial charge in [0.15, 0.2) is 0 Å². The summed E-state index contributed by atoms with van der Waals surface area (Å²) >= 11 is 0. The van der Waals surface area contributed by atoms with Gasteiger partial charge >= 0.3 is 0 Å². The first-order chi connectivity index (χ1) is 13.9. The molecule has 2 heterocycles. The van der Waals surface area contributed by atoms with Gasteiger partial charge < -0.3 is 9.30 Å². The average Bonchev–Trinajstić information content (AvgIpc) is 3.48. The van der Waals surface area contributed by atoms with Crippen molar-refractivity contribution < 1.29 is 4.74 Å². The molecule has 3 heteroatoms. The second kappa shape index (κ2) is 7.84. The number of ether oxygens (including phenoxy) is 1. The van der Waals surface area contributed by atoms with Crippen molar-refractivity contribution in [3.63, 3.8) is 0 Å². The van der Waals surface area contributed by atoms with Crippen LogP contribution >= 0.6 is 0 Å². The Balaban J connectivity index is 1.30. The number of benzene rings is 2. The molecule has 0 saturated carbocycles. The number of likely N-dealkylation sites (tertiary alicyclic amines) is 1. The van der Waals surface area contributed by atoms with E-state index in [-0.39, 0.29) is 0 Å². The monoisotopic (exact) mass is 372 g/mol. The van der Waals surface area contributed by atoms with Crippen LogP contribution in [-0.4, -0.2) is 22.6 Å². The average molecular weight is 373 g/mol. The van der Waals surface area contributed by atoms with Crippen LogP contribution in [0.3, 0.4) is 0 Å². The lowest BCUT2D eigenvalue weighted by Crippen LogP contribution is -2.23. The highest BCUT2D eigenvalue weighted by molar-refractivity contribution is 5.45. The molecule has 5 rings (SSSR count). The molecular formula is C25H28N2O. The maximum absolute atomic E-state index is 6.34. The molecular weight excluding hydrogens is 344 g/mol. The van der Waals surface area contributed by atoms with E-state index in [1.165, 1.54) is 54.7 Å². The smallest absolute Gasteiger partial charge is 0.128 e. The Hall–Kier alpha value is -2.52. The standard InChI is InChI=1S/C25H28N2O/c1-2-8-20(9-3-1)18-27-17-7-10-21(27)19-28-25-12-6-11-22-23(25)13-14-24(22)26-15-4-5-16-26/h1-3,6-12,17,24H,4-5,13-16,18-19H2. The number of rotatable bonds is 6. The van der Waals surface area contributed by atoms with Crippen molar-refractivity contribution in [3.05, 3.63) is 89.2 Å². The maximum Gasteiger partial charge on any atom is 0.128 e. The fraction of sp³-hybridized carbons (Fsp3) is 0.360. The Kier molecular flexibility index (Phi) is 4.92. The lowest BCUT2D eigenvalue weighted by Gasteiger charge is -2.24. The summed E-state index contributed by atoms with van der Waals surface area (Å²) in [6.45, 7) is 4.01. The lowest BCUT2D eigenvalue weighted by atomic mass is 10.1. The van der Waals surface area contributed by atoms with E-state index in [1.54, 1.807) is 0 Å². The Morgan fingerprint density at radius 3 is 2.61 bits per heavy atom. The first-order valence-corrected chi connectivity index (χ1v) is 10.5. The molecule has 2 aromatic carbocycles. The van der Waals surface area contributed by atoms with Gasteiger partial charge in [-0.15, -0.1) is 0 Å². The van der Waals surface area contributed by atoms with Crippen LogP contribution in [0.4, 0.5) is 0 Å². The van der Waals surface area contributed by atoms with Gasteiger partial charge in [0, 0.05) is 18.8 Å². The van der Waals surface area contributed by atoms with E-state index in [2.05, 4.69) is 76.3 Å². The fourth-order valence-corrected chi connectivity index (χ4v) is 4.83. The summed E-state index contributed by atoms with van der Waals surface area (Å²) in [5.74, 6) is 1.08. The lowest BCUT2D eigenvalue weighted by molar-refractivity contribution is 0.245. The number of hydrogen-bond acceptors (Lipinski definition) is 2. The van der Waals surface area contributed by atoms with Gasteiger partial charge in [0.1, 0.15) is 12.4 Å². The highest BCUT2D eigenvalue weighted by Gasteiger charge is 2.31. The molecule has 3 aromatic rings. The molecule has 0 N–H and O–H groups in total. The van der Waals surface area contributed by atoms with Crippen molar-refractivity contribution in [1.82, 2.24) is 9.47 Å². The van der Waals surface area contributed by atoms with Gasteiger partial charge in [0.2, 0.25) is 0 Å². The minimum Gasteiger partial charge on any atom is -0.487 e. The van der Waals surface area contributed by atoms with Crippen molar-refractivity contribution in [2.24, 2.45) is 0 Å². The normalized spacial score (nSPS) is 19.1. The predicted octanol–water partition coefficient (Wildman–Crippen LogP) is 5.20. The van der Waals surface area contributed by atoms with Gasteiger partial charge in [0.25, 0.3) is 0 Å². The topological polar surface area (TPSA) is 17.4 Å². The molecule has 1 atom stereocenters. The van der Waals surface area contributed by atoms with E-state index >= 15 is 0 Å². The zero-order valence-corrected chi connectivity index (χ0v) is 16.4. The molecule has 1 aromatic heterocycles. The molecule has 3 nitrogen and oxygen atoms in total. The Bertz CT molecular complexity index is 925. The van der Waals surface area contributed by atoms with Crippen molar-refractivity contribution >= 4 is 0 Å². The molecule has 0 radical (unpaired) electrons. The van der Waals surface area contributed by atoms with Crippen molar-refractivity contribution in [1.29, 1.82) is 0 Å². The summed E-state index contributed by atoms with van der Waals surface area (Å²) in [6.07, 6.45) is 7.21. The third kappa shape index (κ3) is 3.47. The minimum absolute atomic E-state index is 0.600. The van der Waals surface area contributed by atoms with E-state index in [0.717, 1.165) is 18.7 Å². The number of nitrogens with zero attached hydrogens (tertiary/aromatic N) is 2. The summed E-state index contributed by atoms with van der Waals surface area (Å²) in [5.41, 5.74) is 5.46. The Labute approximate surface area is 167 Å². The van der Waals surface area contributed by atoms with E-state index < -0.39 is 0 Å². The van der Waals surface area contributed by atoms with Crippen molar-refractivity contribution in [2.45, 2.75) is 44.9 Å². The van der Waals surface area contributed by atoms with Crippen LogP contribution in [-0.2, 0) is 19.6 Å². The molecule has 1 aliphatic carbocycles. The summed E-state index contributed by atoms with van der Waals surface area (Å²) in [4.78, 5) is 2.67. The van der Waals surface area contributed by atoms with Crippen LogP contribution in [0.2, 0.25) is 0 Å². The van der Waals surface area contributed by atoms with Crippen LogP contribution < -0.4 is 4.74 Å². The van der Waals surface area contributed by atoms with Crippen molar-refractivity contribution in [3.8, 4) is 5.75 Å². The zero-order valence-electron chi connectivity index (χ0n) is 16.4. The first-order valence-electron chi connectivity index (χ1n) is 10.5. The van der Waals surface area contributed by atoms with E-state index in [1.807, 2.05) is 0 Å². The largest absolute Gasteiger partial charge is 0.487 e. The van der Waals surface area contributed by atoms with Crippen LogP contribution in [0, 0.1) is 0 Å². The SMILES string of the molecule is c1ccc(Cn2cccc2COc2cccc3c2CCC3N2CCCC2)cc1. The summed E-state index contributed by atoms with van der Waals surface area (Å²) < 4.78 is 8.63. The van der Waals surface area contributed by atoms with E-state index in [4.69, 9.17) is 4.74 Å². The van der Waals surface area contributed by atoms with Gasteiger partial charge in [-0.3, -0.25) is 4.90 Å². The molecule has 1 fully saturated rings. The third-order valence-corrected chi connectivity index (χ3v) is 6.27. The van der Waals surface area contributed by atoms with E-state index in [0.29, 0.717) is 12.6 Å². The predicted molar refractivity (Wildman–Crippen MR) is 113 cm³/mol. The Morgan fingerprint density at radius 2 is 1.75 bits per heavy atom. The van der Waals surface area contributed by atoms with Gasteiger partial charge in [-0.1, -0.05) is 42.5 Å². The third-order valence-electron chi connectivity index (χ3n) is 6.27. The fourth-order valence-electron chi connectivity index (χ4n) is 4.83. The van der Waals surface area contributed by atoms with Crippen LogP contribution in [0.5, 0.6) is 5.75 Å². The van der Waals surface area contributed by atoms with Crippen LogP contribution in [0.1, 0.15) is 47.7 Å². The summed E-state index contributed by atoms with van der Waals surface area (Å²) in [6, 6.07) is 22.1. The van der Waals surface area contributed by atoms with Gasteiger partial charge in [-0.05, 0) is 73.7 Å². The number of aromatic nitrogens is 1. The summed E-state index contributed by atoms with van der Waals surface area (Å²) in [5, 5.41) is 0. The van der Waals surface area contributed by atoms with Gasteiger partial charge in [-0.2, -0.15) is 0 Å². The number of hydrogen-bond donors (Lipinski definition) is 0. The van der Waals surface area contributed by atoms with Gasteiger partial charge in [-0.25, -0.2) is 0 Å². The minimum atomic E-state index is 0.600. The molecule has 2 aliphatic rings. The first kappa shape index (κ1) is 17.6. The maximum atomic E-state index is 6.34. The second-order valence-electron chi connectivity index (χ2n) is 8.02. The molecule has 0 bridgehead atoms. The van der Waals surface area contributed by atoms with Gasteiger partial charge in [0.05, 0.1) is 5.69 Å². The highest BCUT2D eigenvalue weighted by Crippen LogP contribution is 2.41. The van der Waals surface area contributed by atoms with Crippen molar-refractivity contribution in [2.75, 3.05) is 13.1 Å². The zero-order chi connectivity index (χ0) is 18.8. The molecule has 1 saturated heterocycles. The molecule has 28 heavy (non-hydrogen) atoms. The highest BCUT2D eigenvalue weighted by atomic mass is 16.5. The van der Waals surface area contributed by atoms with Crippen LogP contribution in [0.15, 0.2) is 66.9 Å². The van der Waals surface area contributed by atoms with E-state index in [9.17, 15) is 0 Å². The molecule has 144 valence electrons. The number of fused-ring (bicyclic) bond motifs is 1. The van der Waals surface area contributed by atoms with Crippen LogP contribution in [0.25, 0.3) is 0 Å². The summed E-state index contributed by atoms with van der Waals surface area (Å²) in [7, 11) is 0.